The smallest absolute Gasteiger partial charge is 0.399 e. The van der Waals surface area contributed by atoms with E-state index in [0.29, 0.717) is 6.54 Å². The molecule has 0 unspecified atom stereocenters. The Bertz CT molecular complexity index is 767. The van der Waals surface area contributed by atoms with E-state index < -0.39 is 18.3 Å². The van der Waals surface area contributed by atoms with E-state index in [1.54, 1.807) is 18.5 Å². The summed E-state index contributed by atoms with van der Waals surface area (Å²) in [4.78, 5) is 6.22. The number of hydrogen-bond acceptors (Lipinski definition) is 4. The Morgan fingerprint density at radius 3 is 2.26 bits per heavy atom. The molecule has 3 rings (SSSR count). The third-order valence-electron chi connectivity index (χ3n) is 5.49. The first-order valence-electron chi connectivity index (χ1n) is 9.39. The average Bonchev–Trinajstić information content (AvgIpc) is 2.81. The fourth-order valence-corrected chi connectivity index (χ4v) is 3.14. The van der Waals surface area contributed by atoms with Gasteiger partial charge in [0.2, 0.25) is 0 Å². The van der Waals surface area contributed by atoms with Gasteiger partial charge in [-0.15, -0.1) is 0 Å². The largest absolute Gasteiger partial charge is 0.494 e. The lowest BCUT2D eigenvalue weighted by Gasteiger charge is -2.32. The van der Waals surface area contributed by atoms with Gasteiger partial charge in [0.05, 0.1) is 11.2 Å². The van der Waals surface area contributed by atoms with Gasteiger partial charge in [0.25, 0.3) is 0 Å². The highest BCUT2D eigenvalue weighted by atomic mass is 19.1. The molecule has 4 nitrogen and oxygen atoms in total. The van der Waals surface area contributed by atoms with Crippen LogP contribution in [0.3, 0.4) is 0 Å². The highest BCUT2D eigenvalue weighted by Crippen LogP contribution is 2.36. The Labute approximate surface area is 161 Å². The predicted octanol–water partition coefficient (Wildman–Crippen LogP) is 3.19. The molecule has 0 amide bonds. The number of hydrogen-bond donors (Lipinski definition) is 0. The molecule has 1 fully saturated rings. The standard InChI is InChI=1S/C21H28BFN2O2/c1-20(2)21(3,4)27-22(26-20)18-12-17(13-19(23)14-18)15-25(5)11-8-16-6-9-24-10-7-16/h6-7,9-10,12-14H,8,11,15H2,1-5H3. The number of pyridine rings is 1. The molecule has 0 radical (unpaired) electrons. The minimum atomic E-state index is -0.549. The molecular weight excluding hydrogens is 342 g/mol. The van der Waals surface area contributed by atoms with E-state index in [4.69, 9.17) is 9.31 Å². The molecule has 1 aliphatic heterocycles. The minimum Gasteiger partial charge on any atom is -0.399 e. The van der Waals surface area contributed by atoms with Gasteiger partial charge >= 0.3 is 7.12 Å². The molecule has 27 heavy (non-hydrogen) atoms. The van der Waals surface area contributed by atoms with Crippen molar-refractivity contribution in [3.05, 3.63) is 59.7 Å². The van der Waals surface area contributed by atoms with Crippen LogP contribution in [0.25, 0.3) is 0 Å². The van der Waals surface area contributed by atoms with E-state index in [0.717, 1.165) is 24.0 Å². The van der Waals surface area contributed by atoms with Crippen molar-refractivity contribution in [2.75, 3.05) is 13.6 Å². The highest BCUT2D eigenvalue weighted by molar-refractivity contribution is 6.62. The van der Waals surface area contributed by atoms with Crippen molar-refractivity contribution < 1.29 is 13.7 Å². The Morgan fingerprint density at radius 2 is 1.63 bits per heavy atom. The summed E-state index contributed by atoms with van der Waals surface area (Å²) in [7, 11) is 1.49. The van der Waals surface area contributed by atoms with Crippen LogP contribution in [0, 0.1) is 5.82 Å². The summed E-state index contributed by atoms with van der Waals surface area (Å²) in [5, 5.41) is 0. The topological polar surface area (TPSA) is 34.6 Å². The fraction of sp³-hybridized carbons (Fsp3) is 0.476. The molecule has 0 bridgehead atoms. The summed E-state index contributed by atoms with van der Waals surface area (Å²) in [5.41, 5.74) is 2.01. The quantitative estimate of drug-likeness (QED) is 0.732. The maximum absolute atomic E-state index is 14.2. The van der Waals surface area contributed by atoms with Gasteiger partial charge < -0.3 is 14.2 Å². The summed E-state index contributed by atoms with van der Waals surface area (Å²) in [5.74, 6) is -0.264. The molecule has 2 aromatic rings. The molecule has 1 saturated heterocycles. The summed E-state index contributed by atoms with van der Waals surface area (Å²) >= 11 is 0. The first-order valence-corrected chi connectivity index (χ1v) is 9.39. The van der Waals surface area contributed by atoms with Crippen LogP contribution in [0.1, 0.15) is 38.8 Å². The molecule has 2 heterocycles. The molecule has 1 aromatic heterocycles. The zero-order chi connectivity index (χ0) is 19.7. The van der Waals surface area contributed by atoms with Gasteiger partial charge in [0.1, 0.15) is 5.82 Å². The zero-order valence-electron chi connectivity index (χ0n) is 16.8. The summed E-state index contributed by atoms with van der Waals surface area (Å²) < 4.78 is 26.4. The van der Waals surface area contributed by atoms with Gasteiger partial charge in [-0.05, 0) is 82.0 Å². The van der Waals surface area contributed by atoms with Crippen LogP contribution in [-0.2, 0) is 22.3 Å². The van der Waals surface area contributed by atoms with Crippen LogP contribution in [0.15, 0.2) is 42.7 Å². The van der Waals surface area contributed by atoms with E-state index in [-0.39, 0.29) is 5.82 Å². The molecular formula is C21H28BFN2O2. The van der Waals surface area contributed by atoms with Gasteiger partial charge in [-0.1, -0.05) is 6.07 Å². The highest BCUT2D eigenvalue weighted by Gasteiger charge is 2.51. The third-order valence-corrected chi connectivity index (χ3v) is 5.49. The van der Waals surface area contributed by atoms with Crippen LogP contribution < -0.4 is 5.46 Å². The molecule has 0 N–H and O–H groups in total. The summed E-state index contributed by atoms with van der Waals surface area (Å²) in [6.45, 7) is 9.54. The second-order valence-electron chi connectivity index (χ2n) is 8.32. The van der Waals surface area contributed by atoms with Crippen molar-refractivity contribution in [3.8, 4) is 0 Å². The Balaban J connectivity index is 1.67. The van der Waals surface area contributed by atoms with Gasteiger partial charge in [0, 0.05) is 25.5 Å². The number of benzene rings is 1. The average molecular weight is 370 g/mol. The Morgan fingerprint density at radius 1 is 1.00 bits per heavy atom. The van der Waals surface area contributed by atoms with Gasteiger partial charge in [-0.3, -0.25) is 4.98 Å². The van der Waals surface area contributed by atoms with Crippen LogP contribution in [0.4, 0.5) is 4.39 Å². The monoisotopic (exact) mass is 370 g/mol. The maximum atomic E-state index is 14.2. The molecule has 6 heteroatoms. The first kappa shape index (κ1) is 20.0. The van der Waals surface area contributed by atoms with Crippen molar-refractivity contribution in [2.24, 2.45) is 0 Å². The second kappa shape index (κ2) is 7.70. The lowest BCUT2D eigenvalue weighted by Crippen LogP contribution is -2.41. The summed E-state index contributed by atoms with van der Waals surface area (Å²) in [6, 6.07) is 9.10. The zero-order valence-corrected chi connectivity index (χ0v) is 16.8. The minimum absolute atomic E-state index is 0.264. The van der Waals surface area contributed by atoms with E-state index in [9.17, 15) is 4.39 Å². The van der Waals surface area contributed by atoms with Gasteiger partial charge in [-0.25, -0.2) is 4.39 Å². The molecule has 1 aliphatic rings. The van der Waals surface area contributed by atoms with Crippen LogP contribution in [0.5, 0.6) is 0 Å². The van der Waals surface area contributed by atoms with Crippen LogP contribution in [0.2, 0.25) is 0 Å². The molecule has 144 valence electrons. The van der Waals surface area contributed by atoms with E-state index in [1.165, 1.54) is 11.6 Å². The normalized spacial score (nSPS) is 18.3. The predicted molar refractivity (Wildman–Crippen MR) is 106 cm³/mol. The first-order chi connectivity index (χ1) is 12.7. The van der Waals surface area contributed by atoms with Crippen molar-refractivity contribution in [3.63, 3.8) is 0 Å². The number of likely N-dealkylation sites (N-methyl/N-ethyl adjacent to an activating group) is 1. The summed E-state index contributed by atoms with van der Waals surface area (Å²) in [6.07, 6.45) is 4.54. The third kappa shape index (κ3) is 4.75. The van der Waals surface area contributed by atoms with Gasteiger partial charge in [0.15, 0.2) is 0 Å². The molecule has 0 saturated carbocycles. The van der Waals surface area contributed by atoms with E-state index in [2.05, 4.69) is 9.88 Å². The second-order valence-corrected chi connectivity index (χ2v) is 8.32. The van der Waals surface area contributed by atoms with Crippen LogP contribution >= 0.6 is 0 Å². The van der Waals surface area contributed by atoms with Crippen molar-refractivity contribution in [2.45, 2.75) is 51.9 Å². The molecule has 1 aromatic carbocycles. The van der Waals surface area contributed by atoms with Crippen LogP contribution in [-0.4, -0.2) is 41.8 Å². The van der Waals surface area contributed by atoms with E-state index in [1.807, 2.05) is 52.9 Å². The molecule has 0 aliphatic carbocycles. The van der Waals surface area contributed by atoms with Crippen molar-refractivity contribution >= 4 is 12.6 Å². The molecule has 0 spiro atoms. The number of nitrogens with zero attached hydrogens (tertiary/aromatic N) is 2. The van der Waals surface area contributed by atoms with Crippen molar-refractivity contribution in [1.29, 1.82) is 0 Å². The maximum Gasteiger partial charge on any atom is 0.494 e. The lowest BCUT2D eigenvalue weighted by atomic mass is 9.78. The Kier molecular flexibility index (Phi) is 5.70. The fourth-order valence-electron chi connectivity index (χ4n) is 3.14. The number of halogens is 1. The number of aromatic nitrogens is 1. The van der Waals surface area contributed by atoms with Crippen molar-refractivity contribution in [1.82, 2.24) is 9.88 Å². The Hall–Kier alpha value is -1.76. The lowest BCUT2D eigenvalue weighted by molar-refractivity contribution is 0.00578. The number of rotatable bonds is 6. The SMILES string of the molecule is CN(CCc1ccncc1)Cc1cc(F)cc(B2OC(C)(C)C(C)(C)O2)c1. The van der Waals surface area contributed by atoms with Gasteiger partial charge in [-0.2, -0.15) is 0 Å². The van der Waals surface area contributed by atoms with E-state index >= 15 is 0 Å². The molecule has 0 atom stereocenters.